The number of hydrogen-bond donors (Lipinski definition) is 3. The standard InChI is InChI=1S/C22H42O5S/c1-5-6-7-11-17(23)14-28-21-18(19(24)13-20(21)25)12-15(2)9-8-10-16(3)22(26)27-4/h15-21,23-25H,5-14H2,1-4H3/t15?,16?,17?,18-,19?,20?,21+/m0/s1. The molecule has 0 aromatic rings. The van der Waals surface area contributed by atoms with Gasteiger partial charge in [-0.3, -0.25) is 4.79 Å². The Labute approximate surface area is 175 Å². The summed E-state index contributed by atoms with van der Waals surface area (Å²) in [5, 5.41) is 31.0. The van der Waals surface area contributed by atoms with Crippen LogP contribution in [-0.2, 0) is 9.53 Å². The smallest absolute Gasteiger partial charge is 0.308 e. The van der Waals surface area contributed by atoms with Gasteiger partial charge in [0.25, 0.3) is 0 Å². The molecule has 0 radical (unpaired) electrons. The zero-order valence-corrected chi connectivity index (χ0v) is 19.0. The lowest BCUT2D eigenvalue weighted by Crippen LogP contribution is -2.28. The summed E-state index contributed by atoms with van der Waals surface area (Å²) >= 11 is 1.63. The van der Waals surface area contributed by atoms with E-state index in [1.807, 2.05) is 6.92 Å². The second kappa shape index (κ2) is 13.8. The number of ether oxygens (including phenoxy) is 1. The maximum atomic E-state index is 11.5. The molecule has 1 fully saturated rings. The van der Waals surface area contributed by atoms with E-state index in [9.17, 15) is 20.1 Å². The van der Waals surface area contributed by atoms with Gasteiger partial charge in [0.15, 0.2) is 0 Å². The number of aliphatic hydroxyl groups excluding tert-OH is 3. The van der Waals surface area contributed by atoms with Crippen molar-refractivity contribution in [2.24, 2.45) is 17.8 Å². The maximum absolute atomic E-state index is 11.5. The van der Waals surface area contributed by atoms with Crippen LogP contribution in [0.1, 0.15) is 78.6 Å². The van der Waals surface area contributed by atoms with E-state index >= 15 is 0 Å². The topological polar surface area (TPSA) is 87.0 Å². The van der Waals surface area contributed by atoms with Crippen LogP contribution in [0.3, 0.4) is 0 Å². The molecule has 0 heterocycles. The summed E-state index contributed by atoms with van der Waals surface area (Å²) < 4.78 is 4.77. The number of unbranched alkanes of at least 4 members (excludes halogenated alkanes) is 2. The first-order valence-corrected chi connectivity index (χ1v) is 12.1. The number of carbonyl (C=O) groups excluding carboxylic acids is 1. The highest BCUT2D eigenvalue weighted by atomic mass is 32.2. The van der Waals surface area contributed by atoms with Crippen molar-refractivity contribution in [1.82, 2.24) is 0 Å². The molecule has 0 spiro atoms. The fraction of sp³-hybridized carbons (Fsp3) is 0.955. The second-order valence-electron chi connectivity index (χ2n) is 8.68. The van der Waals surface area contributed by atoms with E-state index in [4.69, 9.17) is 4.74 Å². The van der Waals surface area contributed by atoms with Crippen molar-refractivity contribution < 1.29 is 24.9 Å². The van der Waals surface area contributed by atoms with Gasteiger partial charge >= 0.3 is 5.97 Å². The van der Waals surface area contributed by atoms with Crippen LogP contribution in [0.15, 0.2) is 0 Å². The Balaban J connectivity index is 2.42. The van der Waals surface area contributed by atoms with E-state index in [2.05, 4.69) is 13.8 Å². The highest BCUT2D eigenvalue weighted by Crippen LogP contribution is 2.40. The van der Waals surface area contributed by atoms with Crippen LogP contribution < -0.4 is 0 Å². The van der Waals surface area contributed by atoms with E-state index in [1.54, 1.807) is 11.8 Å². The van der Waals surface area contributed by atoms with Crippen LogP contribution in [0.2, 0.25) is 0 Å². The van der Waals surface area contributed by atoms with E-state index in [0.29, 0.717) is 18.1 Å². The number of hydrogen-bond acceptors (Lipinski definition) is 6. The molecule has 28 heavy (non-hydrogen) atoms. The number of methoxy groups -OCH3 is 1. The van der Waals surface area contributed by atoms with Gasteiger partial charge in [-0.1, -0.05) is 52.9 Å². The lowest BCUT2D eigenvalue weighted by molar-refractivity contribution is -0.145. The van der Waals surface area contributed by atoms with Crippen LogP contribution in [0.25, 0.3) is 0 Å². The third-order valence-corrected chi connectivity index (χ3v) is 7.64. The molecule has 1 rings (SSSR count). The zero-order valence-electron chi connectivity index (χ0n) is 18.2. The van der Waals surface area contributed by atoms with Gasteiger partial charge in [0.05, 0.1) is 31.3 Å². The van der Waals surface area contributed by atoms with Crippen molar-refractivity contribution in [2.75, 3.05) is 12.9 Å². The Hall–Kier alpha value is -0.300. The lowest BCUT2D eigenvalue weighted by Gasteiger charge is -2.27. The van der Waals surface area contributed by atoms with Gasteiger partial charge in [-0.2, -0.15) is 11.8 Å². The predicted octanol–water partition coefficient (Wildman–Crippen LogP) is 3.78. The van der Waals surface area contributed by atoms with Gasteiger partial charge in [-0.05, 0) is 31.1 Å². The Morgan fingerprint density at radius 1 is 1.11 bits per heavy atom. The molecule has 0 bridgehead atoms. The molecule has 0 saturated heterocycles. The van der Waals surface area contributed by atoms with Gasteiger partial charge in [0.2, 0.25) is 0 Å². The number of carbonyl (C=O) groups is 1. The van der Waals surface area contributed by atoms with Crippen LogP contribution in [0.5, 0.6) is 0 Å². The number of aliphatic hydroxyl groups is 3. The first kappa shape index (κ1) is 25.7. The molecule has 166 valence electrons. The Bertz CT molecular complexity index is 433. The minimum absolute atomic E-state index is 0.00716. The minimum Gasteiger partial charge on any atom is -0.469 e. The van der Waals surface area contributed by atoms with Gasteiger partial charge in [-0.25, -0.2) is 0 Å². The number of esters is 1. The quantitative estimate of drug-likeness (QED) is 0.294. The third-order valence-electron chi connectivity index (χ3n) is 6.01. The summed E-state index contributed by atoms with van der Waals surface area (Å²) in [5.41, 5.74) is 0. The first-order chi connectivity index (χ1) is 13.3. The van der Waals surface area contributed by atoms with Crippen molar-refractivity contribution in [1.29, 1.82) is 0 Å². The summed E-state index contributed by atoms with van der Waals surface area (Å²) in [6.45, 7) is 6.23. The molecule has 6 heteroatoms. The van der Waals surface area contributed by atoms with E-state index in [0.717, 1.165) is 51.4 Å². The Kier molecular flexibility index (Phi) is 12.7. The van der Waals surface area contributed by atoms with Gasteiger partial charge < -0.3 is 20.1 Å². The van der Waals surface area contributed by atoms with Crippen molar-refractivity contribution in [2.45, 2.75) is 102 Å². The maximum Gasteiger partial charge on any atom is 0.308 e. The third kappa shape index (κ3) is 9.02. The molecule has 5 nitrogen and oxygen atoms in total. The van der Waals surface area contributed by atoms with Gasteiger partial charge in [0, 0.05) is 17.4 Å². The van der Waals surface area contributed by atoms with Gasteiger partial charge in [0.1, 0.15) is 0 Å². The number of thioether (sulfide) groups is 1. The monoisotopic (exact) mass is 418 g/mol. The van der Waals surface area contributed by atoms with E-state index in [1.165, 1.54) is 7.11 Å². The number of rotatable bonds is 14. The van der Waals surface area contributed by atoms with Crippen LogP contribution in [0, 0.1) is 17.8 Å². The van der Waals surface area contributed by atoms with Crippen molar-refractivity contribution in [3.05, 3.63) is 0 Å². The van der Waals surface area contributed by atoms with Crippen LogP contribution in [0.4, 0.5) is 0 Å². The van der Waals surface area contributed by atoms with E-state index < -0.39 is 12.2 Å². The van der Waals surface area contributed by atoms with Crippen LogP contribution in [-0.4, -0.2) is 57.7 Å². The normalized spacial score (nSPS) is 28.1. The minimum atomic E-state index is -0.501. The van der Waals surface area contributed by atoms with Crippen molar-refractivity contribution >= 4 is 17.7 Å². The predicted molar refractivity (Wildman–Crippen MR) is 115 cm³/mol. The average molecular weight is 419 g/mol. The second-order valence-corrected chi connectivity index (χ2v) is 9.89. The zero-order chi connectivity index (χ0) is 21.1. The lowest BCUT2D eigenvalue weighted by atomic mass is 9.88. The molecule has 5 unspecified atom stereocenters. The van der Waals surface area contributed by atoms with Crippen molar-refractivity contribution in [3.63, 3.8) is 0 Å². The Morgan fingerprint density at radius 3 is 2.46 bits per heavy atom. The molecular formula is C22H42O5S. The molecule has 0 amide bonds. The summed E-state index contributed by atoms with van der Waals surface area (Å²) in [5.74, 6) is 0.882. The largest absolute Gasteiger partial charge is 0.469 e. The van der Waals surface area contributed by atoms with E-state index in [-0.39, 0.29) is 29.2 Å². The summed E-state index contributed by atoms with van der Waals surface area (Å²) in [4.78, 5) is 11.5. The highest BCUT2D eigenvalue weighted by Gasteiger charge is 2.42. The summed E-state index contributed by atoms with van der Waals surface area (Å²) in [6.07, 6.45) is 6.90. The van der Waals surface area contributed by atoms with Crippen molar-refractivity contribution in [3.8, 4) is 0 Å². The SMILES string of the molecule is CCCCCC(O)CS[C@H]1C(O)CC(O)[C@@H]1CC(C)CCCC(C)C(=O)OC. The molecule has 1 aliphatic carbocycles. The molecular weight excluding hydrogens is 376 g/mol. The molecule has 7 atom stereocenters. The average Bonchev–Trinajstić information content (AvgIpc) is 2.92. The summed E-state index contributed by atoms with van der Waals surface area (Å²) in [7, 11) is 1.42. The first-order valence-electron chi connectivity index (χ1n) is 11.0. The fourth-order valence-electron chi connectivity index (χ4n) is 4.20. The van der Waals surface area contributed by atoms with Gasteiger partial charge in [-0.15, -0.1) is 0 Å². The molecule has 3 N–H and O–H groups in total. The molecule has 0 aromatic carbocycles. The molecule has 1 aliphatic rings. The Morgan fingerprint density at radius 2 is 1.82 bits per heavy atom. The molecule has 0 aliphatic heterocycles. The highest BCUT2D eigenvalue weighted by molar-refractivity contribution is 8.00. The molecule has 0 aromatic heterocycles. The molecule has 1 saturated carbocycles. The summed E-state index contributed by atoms with van der Waals surface area (Å²) in [6, 6.07) is 0. The van der Waals surface area contributed by atoms with Crippen LogP contribution >= 0.6 is 11.8 Å². The fourth-order valence-corrected chi connectivity index (χ4v) is 5.68.